The average Bonchev–Trinajstić information content (AvgIpc) is 2.35. The minimum atomic E-state index is -0.395. The molecule has 0 amide bonds. The summed E-state index contributed by atoms with van der Waals surface area (Å²) >= 11 is 0. The fourth-order valence-electron chi connectivity index (χ4n) is 2.11. The molecule has 0 heterocycles. The van der Waals surface area contributed by atoms with Crippen LogP contribution in [0.25, 0.3) is 0 Å². The van der Waals surface area contributed by atoms with Crippen molar-refractivity contribution in [1.29, 1.82) is 0 Å². The Bertz CT molecular complexity index is 433. The minimum absolute atomic E-state index is 0.283. The number of benzene rings is 1. The fraction of sp³-hybridized carbons (Fsp3) is 0.625. The van der Waals surface area contributed by atoms with Crippen molar-refractivity contribution in [1.82, 2.24) is 0 Å². The molecule has 20 heavy (non-hydrogen) atoms. The molecule has 0 aromatic heterocycles. The lowest BCUT2D eigenvalue weighted by Gasteiger charge is -2.32. The monoisotopic (exact) mass is 282 g/mol. The van der Waals surface area contributed by atoms with Crippen molar-refractivity contribution in [2.75, 3.05) is 23.8 Å². The van der Waals surface area contributed by atoms with Gasteiger partial charge in [0.25, 0.3) is 0 Å². The van der Waals surface area contributed by atoms with Gasteiger partial charge in [-0.3, -0.25) is 0 Å². The van der Waals surface area contributed by atoms with Gasteiger partial charge in [-0.15, -0.1) is 0 Å². The zero-order valence-electron chi connectivity index (χ0n) is 13.2. The highest BCUT2D eigenvalue weighted by Gasteiger charge is 2.18. The van der Waals surface area contributed by atoms with Gasteiger partial charge in [0.2, 0.25) is 0 Å². The lowest BCUT2D eigenvalue weighted by Crippen LogP contribution is -2.34. The van der Waals surface area contributed by atoms with Gasteiger partial charge in [-0.05, 0) is 26.2 Å². The van der Waals surface area contributed by atoms with Gasteiger partial charge in [-0.25, -0.2) is 4.39 Å². The molecule has 0 radical (unpaired) electrons. The van der Waals surface area contributed by atoms with Gasteiger partial charge in [0.05, 0.1) is 18.0 Å². The highest BCUT2D eigenvalue weighted by atomic mass is 19.1. The first kappa shape index (κ1) is 16.6. The summed E-state index contributed by atoms with van der Waals surface area (Å²) < 4.78 is 19.3. The Hall–Kier alpha value is -1.45. The first-order valence-electron chi connectivity index (χ1n) is 7.35. The van der Waals surface area contributed by atoms with Crippen LogP contribution in [0.4, 0.5) is 15.8 Å². The van der Waals surface area contributed by atoms with Crippen molar-refractivity contribution in [3.8, 4) is 5.75 Å². The molecule has 1 rings (SSSR count). The molecule has 0 aliphatic heterocycles. The van der Waals surface area contributed by atoms with Crippen LogP contribution in [0.15, 0.2) is 12.1 Å². The first-order valence-corrected chi connectivity index (χ1v) is 7.35. The van der Waals surface area contributed by atoms with Crippen molar-refractivity contribution in [2.45, 2.75) is 47.1 Å². The molecule has 0 atom stereocenters. The first-order chi connectivity index (χ1) is 9.36. The topological polar surface area (TPSA) is 38.5 Å². The van der Waals surface area contributed by atoms with E-state index < -0.39 is 5.82 Å². The van der Waals surface area contributed by atoms with Crippen LogP contribution in [0.1, 0.15) is 41.0 Å². The number of nitrogens with zero attached hydrogens (tertiary/aromatic N) is 1. The van der Waals surface area contributed by atoms with Gasteiger partial charge >= 0.3 is 0 Å². The maximum absolute atomic E-state index is 13.9. The van der Waals surface area contributed by atoms with Crippen LogP contribution in [-0.4, -0.2) is 19.2 Å². The highest BCUT2D eigenvalue weighted by molar-refractivity contribution is 5.70. The van der Waals surface area contributed by atoms with E-state index in [1.54, 1.807) is 6.07 Å². The third-order valence-corrected chi connectivity index (χ3v) is 3.04. The van der Waals surface area contributed by atoms with Crippen molar-refractivity contribution in [3.63, 3.8) is 0 Å². The molecule has 0 aliphatic carbocycles. The van der Waals surface area contributed by atoms with Crippen LogP contribution in [0, 0.1) is 11.7 Å². The Morgan fingerprint density at radius 3 is 2.40 bits per heavy atom. The molecule has 0 saturated heterocycles. The number of nitrogen functional groups attached to an aromatic ring is 1. The summed E-state index contributed by atoms with van der Waals surface area (Å²) in [6, 6.07) is 3.38. The van der Waals surface area contributed by atoms with E-state index in [1.807, 2.05) is 6.92 Å². The van der Waals surface area contributed by atoms with Gasteiger partial charge in [0.15, 0.2) is 11.6 Å². The zero-order valence-corrected chi connectivity index (χ0v) is 13.2. The number of nitrogens with two attached hydrogens (primary N) is 1. The smallest absolute Gasteiger partial charge is 0.167 e. The normalized spacial score (nSPS) is 11.2. The second-order valence-electron chi connectivity index (χ2n) is 5.83. The van der Waals surface area contributed by atoms with E-state index in [9.17, 15) is 4.39 Å². The number of halogens is 1. The van der Waals surface area contributed by atoms with Crippen LogP contribution in [0.2, 0.25) is 0 Å². The average molecular weight is 282 g/mol. The molecule has 0 fully saturated rings. The van der Waals surface area contributed by atoms with Crippen LogP contribution in [0.5, 0.6) is 5.75 Å². The third-order valence-electron chi connectivity index (χ3n) is 3.04. The number of hydrogen-bond acceptors (Lipinski definition) is 3. The van der Waals surface area contributed by atoms with E-state index in [4.69, 9.17) is 10.5 Å². The fourth-order valence-corrected chi connectivity index (χ4v) is 2.11. The van der Waals surface area contributed by atoms with Crippen molar-refractivity contribution < 1.29 is 9.13 Å². The molecule has 0 saturated carbocycles. The van der Waals surface area contributed by atoms with Crippen molar-refractivity contribution >= 4 is 11.4 Å². The predicted octanol–water partition coefficient (Wildman–Crippen LogP) is 4.07. The van der Waals surface area contributed by atoms with Gasteiger partial charge < -0.3 is 15.4 Å². The second kappa shape index (κ2) is 7.36. The van der Waals surface area contributed by atoms with Crippen LogP contribution >= 0.6 is 0 Å². The Morgan fingerprint density at radius 2 is 1.90 bits per heavy atom. The van der Waals surface area contributed by atoms with Gasteiger partial charge in [0, 0.05) is 24.7 Å². The lowest BCUT2D eigenvalue weighted by atomic mass is 10.1. The molecule has 1 aromatic rings. The number of anilines is 2. The van der Waals surface area contributed by atoms with Crippen LogP contribution in [0.3, 0.4) is 0 Å². The van der Waals surface area contributed by atoms with E-state index in [0.717, 1.165) is 18.7 Å². The minimum Gasteiger partial charge on any atom is -0.490 e. The van der Waals surface area contributed by atoms with E-state index >= 15 is 0 Å². The maximum Gasteiger partial charge on any atom is 0.167 e. The van der Waals surface area contributed by atoms with E-state index in [-0.39, 0.29) is 5.75 Å². The van der Waals surface area contributed by atoms with Gasteiger partial charge in [-0.2, -0.15) is 0 Å². The van der Waals surface area contributed by atoms with Gasteiger partial charge in [0.1, 0.15) is 0 Å². The predicted molar refractivity (Wildman–Crippen MR) is 83.9 cm³/mol. The number of hydrogen-bond donors (Lipinski definition) is 1. The lowest BCUT2D eigenvalue weighted by molar-refractivity contribution is 0.301. The van der Waals surface area contributed by atoms with Gasteiger partial charge in [-0.1, -0.05) is 20.8 Å². The maximum atomic E-state index is 13.9. The Labute approximate surface area is 121 Å². The molecule has 0 bridgehead atoms. The molecular weight excluding hydrogens is 255 g/mol. The Kier molecular flexibility index (Phi) is 6.11. The molecule has 0 spiro atoms. The summed E-state index contributed by atoms with van der Waals surface area (Å²) in [5, 5.41) is 0. The van der Waals surface area contributed by atoms with Crippen molar-refractivity contribution in [2.24, 2.45) is 5.92 Å². The molecule has 0 aliphatic rings. The molecule has 1 aromatic carbocycles. The SMILES string of the molecule is CCCOc1cc(N(CC(C)C)C(C)C)c(N)cc1F. The summed E-state index contributed by atoms with van der Waals surface area (Å²) in [5.41, 5.74) is 7.30. The summed E-state index contributed by atoms with van der Waals surface area (Å²) in [4.78, 5) is 2.19. The van der Waals surface area contributed by atoms with E-state index in [2.05, 4.69) is 32.6 Å². The number of rotatable bonds is 7. The summed E-state index contributed by atoms with van der Waals surface area (Å²) in [7, 11) is 0. The van der Waals surface area contributed by atoms with Crippen LogP contribution in [-0.2, 0) is 0 Å². The summed E-state index contributed by atoms with van der Waals surface area (Å²) in [6.07, 6.45) is 0.846. The molecule has 0 unspecified atom stereocenters. The molecule has 3 nitrogen and oxygen atoms in total. The van der Waals surface area contributed by atoms with Crippen molar-refractivity contribution in [3.05, 3.63) is 17.9 Å². The summed E-state index contributed by atoms with van der Waals surface area (Å²) in [5.74, 6) is 0.389. The standard InChI is InChI=1S/C16H27FN2O/c1-6-7-20-16-9-15(14(18)8-13(16)17)19(12(4)5)10-11(2)3/h8-9,11-12H,6-7,10,18H2,1-5H3. The van der Waals surface area contributed by atoms with E-state index in [0.29, 0.717) is 24.3 Å². The van der Waals surface area contributed by atoms with Crippen LogP contribution < -0.4 is 15.4 Å². The number of ether oxygens (including phenoxy) is 1. The third kappa shape index (κ3) is 4.29. The zero-order chi connectivity index (χ0) is 15.3. The second-order valence-corrected chi connectivity index (χ2v) is 5.83. The molecule has 2 N–H and O–H groups in total. The highest BCUT2D eigenvalue weighted by Crippen LogP contribution is 2.32. The Balaban J connectivity index is 3.13. The molecule has 4 heteroatoms. The summed E-state index contributed by atoms with van der Waals surface area (Å²) in [6.45, 7) is 11.9. The Morgan fingerprint density at radius 1 is 1.25 bits per heavy atom. The van der Waals surface area contributed by atoms with E-state index in [1.165, 1.54) is 6.07 Å². The molecular formula is C16H27FN2O. The largest absolute Gasteiger partial charge is 0.490 e. The quantitative estimate of drug-likeness (QED) is 0.766. The molecule has 114 valence electrons.